The monoisotopic (exact) mass is 292 g/mol. The van der Waals surface area contributed by atoms with Crippen molar-refractivity contribution in [2.24, 2.45) is 0 Å². The molecule has 0 aliphatic rings. The zero-order valence-electron chi connectivity index (χ0n) is 9.90. The molecule has 3 aromatic rings. The van der Waals surface area contributed by atoms with Crippen LogP contribution in [-0.4, -0.2) is 0 Å². The average molecular weight is 293 g/mol. The molecular formula is C15H10ClFOS. The van der Waals surface area contributed by atoms with Crippen LogP contribution in [0.3, 0.4) is 0 Å². The Bertz CT molecular complexity index is 723. The van der Waals surface area contributed by atoms with Gasteiger partial charge in [-0.1, -0.05) is 29.8 Å². The second kappa shape index (κ2) is 5.19. The summed E-state index contributed by atoms with van der Waals surface area (Å²) in [6.45, 7) is 0.426. The summed E-state index contributed by atoms with van der Waals surface area (Å²) in [6, 6.07) is 12.1. The quantitative estimate of drug-likeness (QED) is 0.639. The van der Waals surface area contributed by atoms with E-state index in [0.717, 1.165) is 15.6 Å². The third-order valence-corrected chi connectivity index (χ3v) is 4.14. The van der Waals surface area contributed by atoms with Crippen molar-refractivity contribution in [3.05, 3.63) is 64.2 Å². The molecule has 4 heteroatoms. The maximum Gasteiger partial charge on any atom is 0.138 e. The maximum absolute atomic E-state index is 13.1. The van der Waals surface area contributed by atoms with Crippen LogP contribution in [0.15, 0.2) is 47.8 Å². The fraction of sp³-hybridized carbons (Fsp3) is 0.0667. The minimum absolute atomic E-state index is 0.215. The molecule has 0 bridgehead atoms. The third-order valence-electron chi connectivity index (χ3n) is 2.84. The molecule has 0 fully saturated rings. The van der Waals surface area contributed by atoms with Crippen molar-refractivity contribution in [1.82, 2.24) is 0 Å². The molecule has 0 N–H and O–H groups in total. The molecular weight excluding hydrogens is 283 g/mol. The first-order valence-electron chi connectivity index (χ1n) is 5.77. The van der Waals surface area contributed by atoms with Crippen molar-refractivity contribution in [2.75, 3.05) is 0 Å². The van der Waals surface area contributed by atoms with E-state index in [1.807, 2.05) is 23.6 Å². The first kappa shape index (κ1) is 12.5. The van der Waals surface area contributed by atoms with Crippen LogP contribution >= 0.6 is 22.9 Å². The van der Waals surface area contributed by atoms with Crippen molar-refractivity contribution < 1.29 is 9.13 Å². The largest absolute Gasteiger partial charge is 0.487 e. The van der Waals surface area contributed by atoms with Gasteiger partial charge in [-0.25, -0.2) is 4.39 Å². The number of hydrogen-bond donors (Lipinski definition) is 0. The Morgan fingerprint density at radius 1 is 1.16 bits per heavy atom. The number of para-hydroxylation sites is 1. The van der Waals surface area contributed by atoms with E-state index in [4.69, 9.17) is 16.3 Å². The van der Waals surface area contributed by atoms with Crippen LogP contribution in [0, 0.1) is 5.82 Å². The SMILES string of the molecule is Fc1ccc2c(COc3ccccc3Cl)csc2c1. The summed E-state index contributed by atoms with van der Waals surface area (Å²) < 4.78 is 19.7. The molecule has 1 aromatic heterocycles. The Labute approximate surface area is 119 Å². The molecule has 2 aromatic carbocycles. The number of rotatable bonds is 3. The average Bonchev–Trinajstić information content (AvgIpc) is 2.80. The van der Waals surface area contributed by atoms with Gasteiger partial charge in [-0.15, -0.1) is 11.3 Å². The second-order valence-corrected chi connectivity index (χ2v) is 5.44. The van der Waals surface area contributed by atoms with Gasteiger partial charge in [-0.05, 0) is 35.0 Å². The molecule has 96 valence electrons. The molecule has 0 saturated carbocycles. The number of hydrogen-bond acceptors (Lipinski definition) is 2. The molecule has 0 radical (unpaired) electrons. The standard InChI is InChI=1S/C15H10ClFOS/c16-13-3-1-2-4-14(13)18-8-10-9-19-15-7-11(17)5-6-12(10)15/h1-7,9H,8H2. The van der Waals surface area contributed by atoms with Crippen molar-refractivity contribution in [3.8, 4) is 5.75 Å². The van der Waals surface area contributed by atoms with Crippen LogP contribution in [0.5, 0.6) is 5.75 Å². The van der Waals surface area contributed by atoms with Crippen LogP contribution in [0.1, 0.15) is 5.56 Å². The molecule has 1 nitrogen and oxygen atoms in total. The van der Waals surface area contributed by atoms with Crippen LogP contribution < -0.4 is 4.74 Å². The predicted molar refractivity (Wildman–Crippen MR) is 77.6 cm³/mol. The van der Waals surface area contributed by atoms with Gasteiger partial charge in [-0.3, -0.25) is 0 Å². The number of ether oxygens (including phenoxy) is 1. The number of fused-ring (bicyclic) bond motifs is 1. The van der Waals surface area contributed by atoms with Gasteiger partial charge in [0.2, 0.25) is 0 Å². The van der Waals surface area contributed by atoms with E-state index in [0.29, 0.717) is 17.4 Å². The van der Waals surface area contributed by atoms with E-state index in [-0.39, 0.29) is 5.82 Å². The summed E-state index contributed by atoms with van der Waals surface area (Å²) in [5, 5.41) is 3.60. The van der Waals surface area contributed by atoms with Crippen LogP contribution in [0.4, 0.5) is 4.39 Å². The van der Waals surface area contributed by atoms with Crippen molar-refractivity contribution in [3.63, 3.8) is 0 Å². The van der Waals surface area contributed by atoms with Gasteiger partial charge < -0.3 is 4.74 Å². The number of thiophene rings is 1. The highest BCUT2D eigenvalue weighted by Gasteiger charge is 2.07. The lowest BCUT2D eigenvalue weighted by Gasteiger charge is -2.07. The smallest absolute Gasteiger partial charge is 0.138 e. The molecule has 3 rings (SSSR count). The normalized spacial score (nSPS) is 10.8. The van der Waals surface area contributed by atoms with Crippen molar-refractivity contribution >= 4 is 33.0 Å². The van der Waals surface area contributed by atoms with Crippen LogP contribution in [0.25, 0.3) is 10.1 Å². The summed E-state index contributed by atoms with van der Waals surface area (Å²) in [4.78, 5) is 0. The molecule has 19 heavy (non-hydrogen) atoms. The molecule has 0 amide bonds. The Morgan fingerprint density at radius 2 is 2.00 bits per heavy atom. The van der Waals surface area contributed by atoms with Gasteiger partial charge in [0.25, 0.3) is 0 Å². The van der Waals surface area contributed by atoms with Gasteiger partial charge in [0.15, 0.2) is 0 Å². The number of halogens is 2. The minimum atomic E-state index is -0.215. The lowest BCUT2D eigenvalue weighted by molar-refractivity contribution is 0.308. The fourth-order valence-corrected chi connectivity index (χ4v) is 3.05. The van der Waals surface area contributed by atoms with E-state index >= 15 is 0 Å². The van der Waals surface area contributed by atoms with Crippen LogP contribution in [-0.2, 0) is 6.61 Å². The highest BCUT2D eigenvalue weighted by Crippen LogP contribution is 2.29. The second-order valence-electron chi connectivity index (χ2n) is 4.12. The zero-order chi connectivity index (χ0) is 13.2. The maximum atomic E-state index is 13.1. The molecule has 0 spiro atoms. The highest BCUT2D eigenvalue weighted by atomic mass is 35.5. The molecule has 0 saturated heterocycles. The Morgan fingerprint density at radius 3 is 2.84 bits per heavy atom. The summed E-state index contributed by atoms with van der Waals surface area (Å²) in [6.07, 6.45) is 0. The Balaban J connectivity index is 1.84. The minimum Gasteiger partial charge on any atom is -0.487 e. The summed E-state index contributed by atoms with van der Waals surface area (Å²) in [5.41, 5.74) is 1.04. The molecule has 1 heterocycles. The lowest BCUT2D eigenvalue weighted by atomic mass is 10.2. The first-order valence-corrected chi connectivity index (χ1v) is 7.03. The van der Waals surface area contributed by atoms with E-state index in [1.54, 1.807) is 18.2 Å². The highest BCUT2D eigenvalue weighted by molar-refractivity contribution is 7.17. The van der Waals surface area contributed by atoms with Gasteiger partial charge in [0.1, 0.15) is 18.2 Å². The van der Waals surface area contributed by atoms with E-state index < -0.39 is 0 Å². The fourth-order valence-electron chi connectivity index (χ4n) is 1.89. The zero-order valence-corrected chi connectivity index (χ0v) is 11.5. The molecule has 0 aliphatic heterocycles. The predicted octanol–water partition coefficient (Wildman–Crippen LogP) is 5.27. The lowest BCUT2D eigenvalue weighted by Crippen LogP contribution is -1.94. The van der Waals surface area contributed by atoms with Gasteiger partial charge >= 0.3 is 0 Å². The third kappa shape index (κ3) is 2.57. The van der Waals surface area contributed by atoms with E-state index in [9.17, 15) is 4.39 Å². The van der Waals surface area contributed by atoms with E-state index in [2.05, 4.69) is 0 Å². The van der Waals surface area contributed by atoms with Crippen LogP contribution in [0.2, 0.25) is 5.02 Å². The van der Waals surface area contributed by atoms with E-state index in [1.165, 1.54) is 17.4 Å². The van der Waals surface area contributed by atoms with Gasteiger partial charge in [0, 0.05) is 10.3 Å². The topological polar surface area (TPSA) is 9.23 Å². The Kier molecular flexibility index (Phi) is 3.40. The molecule has 0 atom stereocenters. The first-order chi connectivity index (χ1) is 9.24. The summed E-state index contributed by atoms with van der Waals surface area (Å²) in [7, 11) is 0. The van der Waals surface area contributed by atoms with Gasteiger partial charge in [0.05, 0.1) is 5.02 Å². The van der Waals surface area contributed by atoms with Crippen molar-refractivity contribution in [1.29, 1.82) is 0 Å². The molecule has 0 aliphatic carbocycles. The van der Waals surface area contributed by atoms with Crippen molar-refractivity contribution in [2.45, 2.75) is 6.61 Å². The Hall–Kier alpha value is -1.58. The van der Waals surface area contributed by atoms with Gasteiger partial charge in [-0.2, -0.15) is 0 Å². The summed E-state index contributed by atoms with van der Waals surface area (Å²) >= 11 is 7.55. The summed E-state index contributed by atoms with van der Waals surface area (Å²) in [5.74, 6) is 0.443. The number of benzene rings is 2. The molecule has 0 unspecified atom stereocenters.